The second-order valence-corrected chi connectivity index (χ2v) is 9.26. The zero-order chi connectivity index (χ0) is 24.4. The molecule has 1 saturated heterocycles. The zero-order valence-electron chi connectivity index (χ0n) is 20.0. The van der Waals surface area contributed by atoms with Crippen molar-refractivity contribution in [2.45, 2.75) is 27.7 Å². The van der Waals surface area contributed by atoms with Gasteiger partial charge in [-0.3, -0.25) is 14.5 Å². The molecule has 4 rings (SSSR count). The number of carbonyl (C=O) groups is 2. The predicted octanol–water partition coefficient (Wildman–Crippen LogP) is 5.83. The summed E-state index contributed by atoms with van der Waals surface area (Å²) in [5.74, 6) is 0.886. The number of aryl methyl sites for hydroxylation is 3. The SMILES string of the molecule is COc1ccccc1OCCN1C(=O)S/C(=C\c2cc(C)n(-c3ccc(C)c(C)c3)c2C)C1=O. The normalized spacial score (nSPS) is 14.9. The van der Waals surface area contributed by atoms with E-state index in [1.54, 1.807) is 19.2 Å². The number of aromatic nitrogens is 1. The highest BCUT2D eigenvalue weighted by Crippen LogP contribution is 2.34. The van der Waals surface area contributed by atoms with Crippen molar-refractivity contribution in [3.8, 4) is 17.2 Å². The minimum atomic E-state index is -0.297. The molecule has 0 atom stereocenters. The number of ether oxygens (including phenoxy) is 2. The van der Waals surface area contributed by atoms with E-state index in [9.17, 15) is 9.59 Å². The number of rotatable bonds is 7. The Morgan fingerprint density at radius 3 is 2.38 bits per heavy atom. The fourth-order valence-electron chi connectivity index (χ4n) is 4.01. The van der Waals surface area contributed by atoms with E-state index < -0.39 is 0 Å². The summed E-state index contributed by atoms with van der Waals surface area (Å²) in [4.78, 5) is 27.2. The molecule has 0 spiro atoms. The first-order valence-electron chi connectivity index (χ1n) is 11.1. The minimum Gasteiger partial charge on any atom is -0.493 e. The molecule has 0 unspecified atom stereocenters. The summed E-state index contributed by atoms with van der Waals surface area (Å²) >= 11 is 0.964. The van der Waals surface area contributed by atoms with Gasteiger partial charge in [0.05, 0.1) is 18.6 Å². The third-order valence-corrected chi connectivity index (χ3v) is 6.93. The Balaban J connectivity index is 1.50. The number of nitrogens with zero attached hydrogens (tertiary/aromatic N) is 2. The third-order valence-electron chi connectivity index (χ3n) is 6.02. The Morgan fingerprint density at radius 1 is 0.941 bits per heavy atom. The van der Waals surface area contributed by atoms with Gasteiger partial charge in [-0.1, -0.05) is 18.2 Å². The number of methoxy groups -OCH3 is 1. The zero-order valence-corrected chi connectivity index (χ0v) is 20.9. The van der Waals surface area contributed by atoms with E-state index in [1.165, 1.54) is 16.0 Å². The highest BCUT2D eigenvalue weighted by Gasteiger charge is 2.35. The standard InChI is InChI=1S/C27H28N2O4S/c1-17-10-11-22(14-18(17)2)29-19(3)15-21(20(29)4)16-25-26(30)28(27(31)34-25)12-13-33-24-9-7-6-8-23(24)32-5/h6-11,14-16H,12-13H2,1-5H3/b25-16-. The van der Waals surface area contributed by atoms with Crippen molar-refractivity contribution in [1.29, 1.82) is 0 Å². The van der Waals surface area contributed by atoms with Gasteiger partial charge < -0.3 is 14.0 Å². The molecule has 0 saturated carbocycles. The monoisotopic (exact) mass is 476 g/mol. The van der Waals surface area contributed by atoms with Crippen molar-refractivity contribution in [3.05, 3.63) is 81.5 Å². The molecule has 0 N–H and O–H groups in total. The topological polar surface area (TPSA) is 60.8 Å². The summed E-state index contributed by atoms with van der Waals surface area (Å²) in [6.45, 7) is 8.62. The van der Waals surface area contributed by atoms with E-state index in [-0.39, 0.29) is 24.3 Å². The van der Waals surface area contributed by atoms with Crippen molar-refractivity contribution in [2.24, 2.45) is 0 Å². The van der Waals surface area contributed by atoms with Crippen LogP contribution < -0.4 is 9.47 Å². The van der Waals surface area contributed by atoms with Gasteiger partial charge in [0.15, 0.2) is 11.5 Å². The van der Waals surface area contributed by atoms with Crippen molar-refractivity contribution in [3.63, 3.8) is 0 Å². The van der Waals surface area contributed by atoms with Crippen LogP contribution in [0, 0.1) is 27.7 Å². The maximum atomic E-state index is 13.0. The lowest BCUT2D eigenvalue weighted by molar-refractivity contribution is -0.123. The molecular formula is C27H28N2O4S. The first kappa shape index (κ1) is 23.7. The highest BCUT2D eigenvalue weighted by atomic mass is 32.2. The van der Waals surface area contributed by atoms with Crippen molar-refractivity contribution in [2.75, 3.05) is 20.3 Å². The van der Waals surface area contributed by atoms with Crippen LogP contribution in [0.1, 0.15) is 28.1 Å². The number of benzene rings is 2. The van der Waals surface area contributed by atoms with Crippen LogP contribution in [0.25, 0.3) is 11.8 Å². The number of thioether (sulfide) groups is 1. The molecule has 2 aromatic carbocycles. The molecular weight excluding hydrogens is 448 g/mol. The van der Waals surface area contributed by atoms with Crippen LogP contribution in [0.5, 0.6) is 11.5 Å². The summed E-state index contributed by atoms with van der Waals surface area (Å²) in [6.07, 6.45) is 1.81. The molecule has 0 bridgehead atoms. The number of hydrogen-bond acceptors (Lipinski definition) is 5. The van der Waals surface area contributed by atoms with Crippen LogP contribution in [-0.2, 0) is 4.79 Å². The van der Waals surface area contributed by atoms with Gasteiger partial charge in [0.2, 0.25) is 0 Å². The quantitative estimate of drug-likeness (QED) is 0.401. The summed E-state index contributed by atoms with van der Waals surface area (Å²) in [7, 11) is 1.57. The number of para-hydroxylation sites is 2. The fourth-order valence-corrected chi connectivity index (χ4v) is 4.87. The molecule has 6 nitrogen and oxygen atoms in total. The van der Waals surface area contributed by atoms with E-state index >= 15 is 0 Å². The molecule has 34 heavy (non-hydrogen) atoms. The van der Waals surface area contributed by atoms with Crippen molar-refractivity contribution in [1.82, 2.24) is 9.47 Å². The van der Waals surface area contributed by atoms with Gasteiger partial charge in [-0.2, -0.15) is 0 Å². The maximum Gasteiger partial charge on any atom is 0.293 e. The van der Waals surface area contributed by atoms with Gasteiger partial charge in [0.1, 0.15) is 6.61 Å². The minimum absolute atomic E-state index is 0.168. The number of hydrogen-bond donors (Lipinski definition) is 0. The largest absolute Gasteiger partial charge is 0.493 e. The first-order chi connectivity index (χ1) is 16.3. The van der Waals surface area contributed by atoms with E-state index in [1.807, 2.05) is 38.1 Å². The van der Waals surface area contributed by atoms with Gasteiger partial charge in [-0.05, 0) is 92.6 Å². The van der Waals surface area contributed by atoms with Gasteiger partial charge in [0, 0.05) is 17.1 Å². The molecule has 1 aliphatic rings. The average Bonchev–Trinajstić information content (AvgIpc) is 3.25. The van der Waals surface area contributed by atoms with Crippen LogP contribution in [0.15, 0.2) is 53.4 Å². The van der Waals surface area contributed by atoms with Crippen LogP contribution in [0.4, 0.5) is 4.79 Å². The summed E-state index contributed by atoms with van der Waals surface area (Å²) < 4.78 is 13.2. The summed E-state index contributed by atoms with van der Waals surface area (Å²) in [6, 6.07) is 15.7. The number of imide groups is 1. The van der Waals surface area contributed by atoms with Crippen LogP contribution in [0.2, 0.25) is 0 Å². The molecule has 1 aromatic heterocycles. The molecule has 1 aliphatic heterocycles. The first-order valence-corrected chi connectivity index (χ1v) is 11.9. The van der Waals surface area contributed by atoms with Crippen LogP contribution in [-0.4, -0.2) is 40.9 Å². The molecule has 2 heterocycles. The maximum absolute atomic E-state index is 13.0. The van der Waals surface area contributed by atoms with Gasteiger partial charge in [-0.25, -0.2) is 0 Å². The number of amides is 2. The van der Waals surface area contributed by atoms with E-state index in [2.05, 4.69) is 36.6 Å². The second kappa shape index (κ2) is 9.81. The Labute approximate surface area is 204 Å². The molecule has 0 radical (unpaired) electrons. The lowest BCUT2D eigenvalue weighted by Gasteiger charge is -2.14. The summed E-state index contributed by atoms with van der Waals surface area (Å²) in [5.41, 5.74) is 6.56. The van der Waals surface area contributed by atoms with E-state index in [0.717, 1.165) is 34.4 Å². The third kappa shape index (κ3) is 4.61. The number of carbonyl (C=O) groups excluding carboxylic acids is 2. The molecule has 1 fully saturated rings. The second-order valence-electron chi connectivity index (χ2n) is 8.26. The molecule has 0 aliphatic carbocycles. The fraction of sp³-hybridized carbons (Fsp3) is 0.259. The Bertz CT molecular complexity index is 1290. The van der Waals surface area contributed by atoms with Gasteiger partial charge in [-0.15, -0.1) is 0 Å². The molecule has 3 aromatic rings. The Kier molecular flexibility index (Phi) is 6.84. The van der Waals surface area contributed by atoms with Crippen molar-refractivity contribution >= 4 is 29.0 Å². The van der Waals surface area contributed by atoms with Gasteiger partial charge in [0.25, 0.3) is 11.1 Å². The molecule has 2 amide bonds. The van der Waals surface area contributed by atoms with Crippen LogP contribution in [0.3, 0.4) is 0 Å². The highest BCUT2D eigenvalue weighted by molar-refractivity contribution is 8.18. The lowest BCUT2D eigenvalue weighted by Crippen LogP contribution is -2.32. The Hall–Kier alpha value is -3.45. The molecule has 176 valence electrons. The Morgan fingerprint density at radius 2 is 1.68 bits per heavy atom. The van der Waals surface area contributed by atoms with Gasteiger partial charge >= 0.3 is 0 Å². The van der Waals surface area contributed by atoms with Crippen LogP contribution >= 0.6 is 11.8 Å². The van der Waals surface area contributed by atoms with Crippen molar-refractivity contribution < 1.29 is 19.1 Å². The summed E-state index contributed by atoms with van der Waals surface area (Å²) in [5, 5.41) is -0.289. The van der Waals surface area contributed by atoms with E-state index in [4.69, 9.17) is 9.47 Å². The van der Waals surface area contributed by atoms with E-state index in [0.29, 0.717) is 16.4 Å². The smallest absolute Gasteiger partial charge is 0.293 e. The lowest BCUT2D eigenvalue weighted by atomic mass is 10.1. The predicted molar refractivity (Wildman–Crippen MR) is 136 cm³/mol. The average molecular weight is 477 g/mol. The molecule has 7 heteroatoms.